The Labute approximate surface area is 74.5 Å². The molecule has 0 radical (unpaired) electrons. The Hall–Kier alpha value is -0.250. The van der Waals surface area contributed by atoms with Crippen molar-refractivity contribution >= 4 is 22.0 Å². The van der Waals surface area contributed by atoms with Gasteiger partial charge in [-0.2, -0.15) is 0 Å². The maximum Gasteiger partial charge on any atom is 0.407 e. The van der Waals surface area contributed by atoms with Gasteiger partial charge in [0, 0.05) is 18.4 Å². The SMILES string of the molecule is C[C@]1(CBr)CCN(C(=O)O)C1. The third-order valence-electron chi connectivity index (χ3n) is 2.15. The number of alkyl halides is 1. The lowest BCUT2D eigenvalue weighted by molar-refractivity contribution is 0.151. The Morgan fingerprint density at radius 3 is 2.73 bits per heavy atom. The van der Waals surface area contributed by atoms with Gasteiger partial charge in [0.15, 0.2) is 0 Å². The first-order chi connectivity index (χ1) is 5.07. The molecule has 1 saturated heterocycles. The zero-order valence-electron chi connectivity index (χ0n) is 6.51. The van der Waals surface area contributed by atoms with Crippen molar-refractivity contribution in [2.24, 2.45) is 5.41 Å². The summed E-state index contributed by atoms with van der Waals surface area (Å²) in [6.07, 6.45) is 0.166. The van der Waals surface area contributed by atoms with Crippen molar-refractivity contribution in [3.8, 4) is 0 Å². The summed E-state index contributed by atoms with van der Waals surface area (Å²) in [5.41, 5.74) is 0.151. The number of halogens is 1. The Morgan fingerprint density at radius 2 is 2.45 bits per heavy atom. The van der Waals surface area contributed by atoms with Gasteiger partial charge in [0.05, 0.1) is 0 Å². The highest BCUT2D eigenvalue weighted by Crippen LogP contribution is 2.31. The number of carbonyl (C=O) groups is 1. The smallest absolute Gasteiger partial charge is 0.407 e. The molecule has 0 bridgehead atoms. The van der Waals surface area contributed by atoms with Crippen LogP contribution in [-0.4, -0.2) is 34.5 Å². The van der Waals surface area contributed by atoms with Crippen LogP contribution in [-0.2, 0) is 0 Å². The lowest BCUT2D eigenvalue weighted by Crippen LogP contribution is -2.30. The molecule has 1 aliphatic heterocycles. The highest BCUT2D eigenvalue weighted by atomic mass is 79.9. The summed E-state index contributed by atoms with van der Waals surface area (Å²) in [7, 11) is 0. The summed E-state index contributed by atoms with van der Waals surface area (Å²) >= 11 is 3.39. The number of carboxylic acid groups (broad SMARTS) is 1. The van der Waals surface area contributed by atoms with Crippen LogP contribution in [0.4, 0.5) is 4.79 Å². The largest absolute Gasteiger partial charge is 0.465 e. The Balaban J connectivity index is 2.53. The molecule has 0 saturated carbocycles. The van der Waals surface area contributed by atoms with E-state index in [1.54, 1.807) is 0 Å². The van der Waals surface area contributed by atoms with E-state index in [9.17, 15) is 4.79 Å². The fourth-order valence-corrected chi connectivity index (χ4v) is 1.75. The summed E-state index contributed by atoms with van der Waals surface area (Å²) in [6, 6.07) is 0. The fraction of sp³-hybridized carbons (Fsp3) is 0.857. The summed E-state index contributed by atoms with van der Waals surface area (Å²) in [5, 5.41) is 9.53. The molecule has 11 heavy (non-hydrogen) atoms. The molecule has 1 N–H and O–H groups in total. The summed E-state index contributed by atoms with van der Waals surface area (Å²) in [4.78, 5) is 12.0. The van der Waals surface area contributed by atoms with Crippen LogP contribution in [0.1, 0.15) is 13.3 Å². The minimum Gasteiger partial charge on any atom is -0.465 e. The summed E-state index contributed by atoms with van der Waals surface area (Å²) in [5.74, 6) is 0. The van der Waals surface area contributed by atoms with Crippen LogP contribution in [0.3, 0.4) is 0 Å². The average molecular weight is 222 g/mol. The van der Waals surface area contributed by atoms with Gasteiger partial charge in [-0.3, -0.25) is 0 Å². The molecule has 64 valence electrons. The van der Waals surface area contributed by atoms with Crippen LogP contribution in [0, 0.1) is 5.41 Å². The molecular formula is C7H12BrNO2. The number of likely N-dealkylation sites (tertiary alicyclic amines) is 1. The Bertz CT molecular complexity index is 174. The van der Waals surface area contributed by atoms with E-state index in [0.717, 1.165) is 11.8 Å². The molecule has 1 fully saturated rings. The molecule has 1 amide bonds. The first-order valence-corrected chi connectivity index (χ1v) is 4.73. The number of hydrogen-bond donors (Lipinski definition) is 1. The molecule has 0 aromatic heterocycles. The molecular weight excluding hydrogens is 210 g/mol. The molecule has 0 unspecified atom stereocenters. The van der Waals surface area contributed by atoms with Crippen LogP contribution in [0.5, 0.6) is 0 Å². The molecule has 4 heteroatoms. The third-order valence-corrected chi connectivity index (χ3v) is 3.50. The van der Waals surface area contributed by atoms with Crippen LogP contribution >= 0.6 is 15.9 Å². The topological polar surface area (TPSA) is 40.5 Å². The van der Waals surface area contributed by atoms with Gasteiger partial charge in [0.25, 0.3) is 0 Å². The highest BCUT2D eigenvalue weighted by Gasteiger charge is 2.34. The normalized spacial score (nSPS) is 30.9. The van der Waals surface area contributed by atoms with Crippen molar-refractivity contribution in [1.29, 1.82) is 0 Å². The molecule has 0 aromatic carbocycles. The molecule has 1 atom stereocenters. The lowest BCUT2D eigenvalue weighted by Gasteiger charge is -2.19. The van der Waals surface area contributed by atoms with Crippen molar-refractivity contribution in [2.45, 2.75) is 13.3 Å². The van der Waals surface area contributed by atoms with Gasteiger partial charge in [0.1, 0.15) is 0 Å². The van der Waals surface area contributed by atoms with E-state index in [1.165, 1.54) is 4.90 Å². The molecule has 1 aliphatic rings. The second kappa shape index (κ2) is 3.01. The van der Waals surface area contributed by atoms with Crippen molar-refractivity contribution in [1.82, 2.24) is 4.90 Å². The van der Waals surface area contributed by atoms with Crippen molar-refractivity contribution < 1.29 is 9.90 Å². The molecule has 1 heterocycles. The molecule has 3 nitrogen and oxygen atoms in total. The van der Waals surface area contributed by atoms with Gasteiger partial charge < -0.3 is 10.0 Å². The Kier molecular flexibility index (Phi) is 2.42. The van der Waals surface area contributed by atoms with Gasteiger partial charge in [-0.05, 0) is 11.8 Å². The zero-order chi connectivity index (χ0) is 8.48. The number of hydrogen-bond acceptors (Lipinski definition) is 1. The van der Waals surface area contributed by atoms with E-state index in [1.807, 2.05) is 0 Å². The monoisotopic (exact) mass is 221 g/mol. The van der Waals surface area contributed by atoms with Gasteiger partial charge in [-0.25, -0.2) is 4.79 Å². The van der Waals surface area contributed by atoms with E-state index >= 15 is 0 Å². The molecule has 1 rings (SSSR count). The summed E-state index contributed by atoms with van der Waals surface area (Å²) in [6.45, 7) is 3.44. The van der Waals surface area contributed by atoms with Gasteiger partial charge in [-0.15, -0.1) is 0 Å². The van der Waals surface area contributed by atoms with E-state index in [0.29, 0.717) is 13.1 Å². The maximum absolute atomic E-state index is 10.5. The quantitative estimate of drug-likeness (QED) is 0.687. The molecule has 0 aliphatic carbocycles. The number of rotatable bonds is 1. The first kappa shape index (κ1) is 8.84. The minimum atomic E-state index is -0.797. The van der Waals surface area contributed by atoms with E-state index < -0.39 is 6.09 Å². The summed E-state index contributed by atoms with van der Waals surface area (Å²) < 4.78 is 0. The third kappa shape index (κ3) is 1.86. The standard InChI is InChI=1S/C7H12BrNO2/c1-7(4-8)2-3-9(5-7)6(10)11/h2-5H2,1H3,(H,10,11)/t7-/m1/s1. The van der Waals surface area contributed by atoms with Gasteiger partial charge in [-0.1, -0.05) is 22.9 Å². The van der Waals surface area contributed by atoms with Crippen LogP contribution in [0.2, 0.25) is 0 Å². The number of nitrogens with zero attached hydrogens (tertiary/aromatic N) is 1. The van der Waals surface area contributed by atoms with E-state index in [4.69, 9.17) is 5.11 Å². The molecule has 0 spiro atoms. The van der Waals surface area contributed by atoms with Crippen LogP contribution < -0.4 is 0 Å². The maximum atomic E-state index is 10.5. The van der Waals surface area contributed by atoms with Gasteiger partial charge in [0.2, 0.25) is 0 Å². The van der Waals surface area contributed by atoms with Crippen molar-refractivity contribution in [3.05, 3.63) is 0 Å². The zero-order valence-corrected chi connectivity index (χ0v) is 8.10. The minimum absolute atomic E-state index is 0.151. The average Bonchev–Trinajstić information content (AvgIpc) is 2.33. The van der Waals surface area contributed by atoms with Crippen LogP contribution in [0.15, 0.2) is 0 Å². The van der Waals surface area contributed by atoms with Gasteiger partial charge >= 0.3 is 6.09 Å². The lowest BCUT2D eigenvalue weighted by atomic mass is 9.93. The second-order valence-electron chi connectivity index (χ2n) is 3.40. The molecule has 0 aromatic rings. The fourth-order valence-electron chi connectivity index (χ4n) is 1.30. The predicted octanol–water partition coefficient (Wildman–Crippen LogP) is 1.77. The Morgan fingerprint density at radius 1 is 1.82 bits per heavy atom. The highest BCUT2D eigenvalue weighted by molar-refractivity contribution is 9.09. The predicted molar refractivity (Wildman–Crippen MR) is 46.1 cm³/mol. The second-order valence-corrected chi connectivity index (χ2v) is 3.96. The van der Waals surface area contributed by atoms with E-state index in [-0.39, 0.29) is 5.41 Å². The number of amides is 1. The van der Waals surface area contributed by atoms with Crippen molar-refractivity contribution in [2.75, 3.05) is 18.4 Å². The van der Waals surface area contributed by atoms with Crippen molar-refractivity contribution in [3.63, 3.8) is 0 Å². The van der Waals surface area contributed by atoms with Crippen LogP contribution in [0.25, 0.3) is 0 Å². The first-order valence-electron chi connectivity index (χ1n) is 3.61. The van der Waals surface area contributed by atoms with E-state index in [2.05, 4.69) is 22.9 Å².